The van der Waals surface area contributed by atoms with E-state index in [4.69, 9.17) is 4.74 Å². The molecule has 0 bridgehead atoms. The molecule has 0 saturated carbocycles. The standard InChI is InChI=1S/C10H20O/c1-3-5-9(4-2)10-6-7-11-8-10/h9-10H,3-8H2,1-2H3. The third kappa shape index (κ3) is 2.48. The van der Waals surface area contributed by atoms with Crippen LogP contribution in [0.3, 0.4) is 0 Å². The molecule has 1 fully saturated rings. The van der Waals surface area contributed by atoms with Crippen LogP contribution in [0.1, 0.15) is 39.5 Å². The maximum absolute atomic E-state index is 5.39. The summed E-state index contributed by atoms with van der Waals surface area (Å²) in [6.45, 7) is 6.61. The zero-order valence-electron chi connectivity index (χ0n) is 7.81. The summed E-state index contributed by atoms with van der Waals surface area (Å²) in [5.74, 6) is 1.81. The summed E-state index contributed by atoms with van der Waals surface area (Å²) in [4.78, 5) is 0. The lowest BCUT2D eigenvalue weighted by molar-refractivity contribution is 0.168. The van der Waals surface area contributed by atoms with E-state index in [-0.39, 0.29) is 0 Å². The van der Waals surface area contributed by atoms with E-state index in [0.717, 1.165) is 25.0 Å². The van der Waals surface area contributed by atoms with Gasteiger partial charge in [-0.05, 0) is 18.3 Å². The molecule has 66 valence electrons. The predicted octanol–water partition coefficient (Wildman–Crippen LogP) is 2.85. The Labute approximate surface area is 70.1 Å². The monoisotopic (exact) mass is 156 g/mol. The van der Waals surface area contributed by atoms with Crippen LogP contribution in [0.15, 0.2) is 0 Å². The van der Waals surface area contributed by atoms with E-state index in [2.05, 4.69) is 13.8 Å². The molecule has 0 aliphatic carbocycles. The number of rotatable bonds is 4. The van der Waals surface area contributed by atoms with Crippen LogP contribution in [0.25, 0.3) is 0 Å². The van der Waals surface area contributed by atoms with Crippen LogP contribution in [0.4, 0.5) is 0 Å². The molecule has 1 heteroatoms. The molecule has 1 saturated heterocycles. The average molecular weight is 156 g/mol. The van der Waals surface area contributed by atoms with Crippen LogP contribution in [0, 0.1) is 11.8 Å². The molecule has 0 amide bonds. The SMILES string of the molecule is CCCC(CC)C1CCOC1. The number of ether oxygens (including phenoxy) is 1. The summed E-state index contributed by atoms with van der Waals surface area (Å²) >= 11 is 0. The Morgan fingerprint density at radius 2 is 2.27 bits per heavy atom. The summed E-state index contributed by atoms with van der Waals surface area (Å²) < 4.78 is 5.39. The molecular formula is C10H20O. The van der Waals surface area contributed by atoms with Crippen LogP contribution in [-0.2, 0) is 4.74 Å². The van der Waals surface area contributed by atoms with Gasteiger partial charge >= 0.3 is 0 Å². The Morgan fingerprint density at radius 3 is 2.73 bits per heavy atom. The molecule has 1 nitrogen and oxygen atoms in total. The first-order chi connectivity index (χ1) is 5.38. The number of hydrogen-bond acceptors (Lipinski definition) is 1. The van der Waals surface area contributed by atoms with Crippen molar-refractivity contribution in [2.45, 2.75) is 39.5 Å². The van der Waals surface area contributed by atoms with Crippen molar-refractivity contribution in [3.05, 3.63) is 0 Å². The molecule has 0 aromatic rings. The van der Waals surface area contributed by atoms with Crippen LogP contribution in [0.5, 0.6) is 0 Å². The van der Waals surface area contributed by atoms with Gasteiger partial charge in [-0.25, -0.2) is 0 Å². The predicted molar refractivity (Wildman–Crippen MR) is 47.6 cm³/mol. The van der Waals surface area contributed by atoms with Crippen molar-refractivity contribution in [3.8, 4) is 0 Å². The van der Waals surface area contributed by atoms with Gasteiger partial charge in [-0.1, -0.05) is 33.1 Å². The van der Waals surface area contributed by atoms with E-state index in [1.54, 1.807) is 0 Å². The minimum absolute atomic E-state index is 0.875. The van der Waals surface area contributed by atoms with Crippen molar-refractivity contribution in [2.75, 3.05) is 13.2 Å². The Hall–Kier alpha value is -0.0400. The van der Waals surface area contributed by atoms with Gasteiger partial charge in [0.1, 0.15) is 0 Å². The largest absolute Gasteiger partial charge is 0.381 e. The second kappa shape index (κ2) is 4.76. The highest BCUT2D eigenvalue weighted by atomic mass is 16.5. The first-order valence-electron chi connectivity index (χ1n) is 4.96. The Bertz CT molecular complexity index is 95.0. The molecule has 0 spiro atoms. The summed E-state index contributed by atoms with van der Waals surface area (Å²) in [6.07, 6.45) is 5.36. The molecule has 1 aliphatic rings. The van der Waals surface area contributed by atoms with E-state index in [0.29, 0.717) is 0 Å². The van der Waals surface area contributed by atoms with Gasteiger partial charge in [0.15, 0.2) is 0 Å². The van der Waals surface area contributed by atoms with Crippen molar-refractivity contribution < 1.29 is 4.74 Å². The molecule has 11 heavy (non-hydrogen) atoms. The summed E-state index contributed by atoms with van der Waals surface area (Å²) in [7, 11) is 0. The lowest BCUT2D eigenvalue weighted by atomic mass is 9.86. The molecule has 0 aromatic heterocycles. The maximum Gasteiger partial charge on any atom is 0.0497 e. The van der Waals surface area contributed by atoms with Gasteiger partial charge in [-0.3, -0.25) is 0 Å². The quantitative estimate of drug-likeness (QED) is 0.608. The topological polar surface area (TPSA) is 9.23 Å². The van der Waals surface area contributed by atoms with Crippen LogP contribution in [-0.4, -0.2) is 13.2 Å². The van der Waals surface area contributed by atoms with Crippen molar-refractivity contribution in [1.82, 2.24) is 0 Å². The lowest BCUT2D eigenvalue weighted by Crippen LogP contribution is -2.13. The van der Waals surface area contributed by atoms with Gasteiger partial charge in [0.25, 0.3) is 0 Å². The Morgan fingerprint density at radius 1 is 1.45 bits per heavy atom. The molecule has 0 N–H and O–H groups in total. The first-order valence-corrected chi connectivity index (χ1v) is 4.96. The molecule has 0 radical (unpaired) electrons. The maximum atomic E-state index is 5.39. The molecule has 0 aromatic carbocycles. The summed E-state index contributed by atoms with van der Waals surface area (Å²) in [5.41, 5.74) is 0. The molecular weight excluding hydrogens is 136 g/mol. The third-order valence-corrected chi connectivity index (χ3v) is 2.82. The second-order valence-corrected chi connectivity index (χ2v) is 3.58. The normalized spacial score (nSPS) is 27.3. The zero-order chi connectivity index (χ0) is 8.10. The zero-order valence-corrected chi connectivity index (χ0v) is 7.81. The van der Waals surface area contributed by atoms with Gasteiger partial charge in [0.2, 0.25) is 0 Å². The van der Waals surface area contributed by atoms with E-state index >= 15 is 0 Å². The highest BCUT2D eigenvalue weighted by molar-refractivity contribution is 4.72. The lowest BCUT2D eigenvalue weighted by Gasteiger charge is -2.19. The van der Waals surface area contributed by atoms with Crippen molar-refractivity contribution >= 4 is 0 Å². The third-order valence-electron chi connectivity index (χ3n) is 2.82. The van der Waals surface area contributed by atoms with Crippen LogP contribution < -0.4 is 0 Å². The number of hydrogen-bond donors (Lipinski definition) is 0. The highest BCUT2D eigenvalue weighted by Crippen LogP contribution is 2.27. The second-order valence-electron chi connectivity index (χ2n) is 3.58. The summed E-state index contributed by atoms with van der Waals surface area (Å²) in [5, 5.41) is 0. The van der Waals surface area contributed by atoms with Gasteiger partial charge in [-0.15, -0.1) is 0 Å². The highest BCUT2D eigenvalue weighted by Gasteiger charge is 2.23. The fourth-order valence-electron chi connectivity index (χ4n) is 2.07. The smallest absolute Gasteiger partial charge is 0.0497 e. The molecule has 1 aliphatic heterocycles. The van der Waals surface area contributed by atoms with Gasteiger partial charge in [0.05, 0.1) is 0 Å². The van der Waals surface area contributed by atoms with Crippen molar-refractivity contribution in [2.24, 2.45) is 11.8 Å². The van der Waals surface area contributed by atoms with E-state index < -0.39 is 0 Å². The fourth-order valence-corrected chi connectivity index (χ4v) is 2.07. The van der Waals surface area contributed by atoms with E-state index in [1.165, 1.54) is 25.7 Å². The minimum Gasteiger partial charge on any atom is -0.381 e. The van der Waals surface area contributed by atoms with Gasteiger partial charge in [0, 0.05) is 13.2 Å². The summed E-state index contributed by atoms with van der Waals surface area (Å²) in [6, 6.07) is 0. The molecule has 1 rings (SSSR count). The Balaban J connectivity index is 2.27. The minimum atomic E-state index is 0.875. The van der Waals surface area contributed by atoms with Gasteiger partial charge in [-0.2, -0.15) is 0 Å². The Kier molecular flexibility index (Phi) is 3.92. The first kappa shape index (κ1) is 9.05. The average Bonchev–Trinajstić information content (AvgIpc) is 2.52. The molecule has 2 atom stereocenters. The van der Waals surface area contributed by atoms with E-state index in [1.807, 2.05) is 0 Å². The van der Waals surface area contributed by atoms with Gasteiger partial charge < -0.3 is 4.74 Å². The van der Waals surface area contributed by atoms with E-state index in [9.17, 15) is 0 Å². The van der Waals surface area contributed by atoms with Crippen molar-refractivity contribution in [1.29, 1.82) is 0 Å². The van der Waals surface area contributed by atoms with Crippen LogP contribution >= 0.6 is 0 Å². The fraction of sp³-hybridized carbons (Fsp3) is 1.00. The molecule has 1 heterocycles. The molecule has 2 unspecified atom stereocenters. The van der Waals surface area contributed by atoms with Crippen LogP contribution in [0.2, 0.25) is 0 Å². The van der Waals surface area contributed by atoms with Crippen molar-refractivity contribution in [3.63, 3.8) is 0 Å².